The maximum Gasteiger partial charge on any atom is 0.194 e. The fourth-order valence-corrected chi connectivity index (χ4v) is 3.28. The van der Waals surface area contributed by atoms with Gasteiger partial charge in [-0.2, -0.15) is 0 Å². The van der Waals surface area contributed by atoms with Crippen LogP contribution in [0, 0.1) is 0 Å². The second-order valence-corrected chi connectivity index (χ2v) is 5.53. The molecule has 1 aliphatic carbocycles. The van der Waals surface area contributed by atoms with Crippen LogP contribution >= 0.6 is 0 Å². The van der Waals surface area contributed by atoms with Gasteiger partial charge in [0.05, 0.1) is 13.2 Å². The molecular formula is C19H14O3. The van der Waals surface area contributed by atoms with Crippen LogP contribution in [-0.4, -0.2) is 16.0 Å². The van der Waals surface area contributed by atoms with E-state index in [0.717, 1.165) is 33.0 Å². The van der Waals surface area contributed by atoms with E-state index in [4.69, 9.17) is 0 Å². The second kappa shape index (κ2) is 4.77. The Kier molecular flexibility index (Phi) is 2.86. The molecule has 3 heteroatoms. The molecular weight excluding hydrogens is 276 g/mol. The molecule has 4 rings (SSSR count). The first-order chi connectivity index (χ1) is 10.7. The molecule has 3 aromatic carbocycles. The summed E-state index contributed by atoms with van der Waals surface area (Å²) in [5, 5.41) is 20.7. The third kappa shape index (κ3) is 1.67. The van der Waals surface area contributed by atoms with Gasteiger partial charge in [-0.3, -0.25) is 4.79 Å². The molecule has 0 unspecified atom stereocenters. The van der Waals surface area contributed by atoms with E-state index in [1.165, 1.54) is 0 Å². The number of benzene rings is 3. The molecule has 0 spiro atoms. The number of hydrogen-bond acceptors (Lipinski definition) is 3. The molecule has 3 aromatic rings. The molecule has 0 fully saturated rings. The first-order valence-electron chi connectivity index (χ1n) is 7.19. The summed E-state index contributed by atoms with van der Waals surface area (Å²) in [6.45, 7) is -0.133. The highest BCUT2D eigenvalue weighted by Gasteiger charge is 2.25. The number of carbonyl (C=O) groups excluding carboxylic acids is 1. The van der Waals surface area contributed by atoms with Crippen LogP contribution in [0.5, 0.6) is 0 Å². The molecule has 0 aromatic heterocycles. The summed E-state index contributed by atoms with van der Waals surface area (Å²) in [4.78, 5) is 12.8. The molecule has 0 heterocycles. The van der Waals surface area contributed by atoms with Crippen LogP contribution < -0.4 is 0 Å². The second-order valence-electron chi connectivity index (χ2n) is 5.53. The predicted octanol–water partition coefficient (Wildman–Crippen LogP) is 3.04. The van der Waals surface area contributed by atoms with Crippen molar-refractivity contribution in [3.8, 4) is 11.1 Å². The summed E-state index contributed by atoms with van der Waals surface area (Å²) in [6, 6.07) is 15.0. The lowest BCUT2D eigenvalue weighted by atomic mass is 9.81. The van der Waals surface area contributed by atoms with Gasteiger partial charge in [0.25, 0.3) is 0 Å². The van der Waals surface area contributed by atoms with E-state index in [2.05, 4.69) is 0 Å². The molecule has 0 aliphatic heterocycles. The Bertz CT molecular complexity index is 925. The van der Waals surface area contributed by atoms with Gasteiger partial charge in [-0.25, -0.2) is 0 Å². The number of rotatable bonds is 2. The summed E-state index contributed by atoms with van der Waals surface area (Å²) < 4.78 is 0. The minimum atomic E-state index is -0.0823. The van der Waals surface area contributed by atoms with Crippen molar-refractivity contribution in [2.75, 3.05) is 0 Å². The van der Waals surface area contributed by atoms with Crippen LogP contribution in [-0.2, 0) is 13.2 Å². The van der Waals surface area contributed by atoms with Gasteiger partial charge in [0.1, 0.15) is 0 Å². The number of fused-ring (bicyclic) bond motifs is 2. The van der Waals surface area contributed by atoms with Gasteiger partial charge < -0.3 is 10.2 Å². The SMILES string of the molecule is O=C1c2cc(CO)ccc2-c2ccc(CO)c3cccc1c23. The lowest BCUT2D eigenvalue weighted by molar-refractivity contribution is 0.104. The zero-order valence-electron chi connectivity index (χ0n) is 11.8. The van der Waals surface area contributed by atoms with E-state index in [1.54, 1.807) is 6.07 Å². The maximum absolute atomic E-state index is 12.8. The molecule has 22 heavy (non-hydrogen) atoms. The predicted molar refractivity (Wildman–Crippen MR) is 84.7 cm³/mol. The molecule has 0 atom stereocenters. The number of carbonyl (C=O) groups is 1. The van der Waals surface area contributed by atoms with Crippen molar-refractivity contribution in [2.24, 2.45) is 0 Å². The van der Waals surface area contributed by atoms with Crippen LogP contribution in [0.1, 0.15) is 27.0 Å². The van der Waals surface area contributed by atoms with Gasteiger partial charge in [-0.1, -0.05) is 42.5 Å². The molecule has 3 nitrogen and oxygen atoms in total. The average Bonchev–Trinajstić information content (AvgIpc) is 2.58. The molecule has 108 valence electrons. The quantitative estimate of drug-likeness (QED) is 0.596. The first-order valence-corrected chi connectivity index (χ1v) is 7.19. The van der Waals surface area contributed by atoms with E-state index in [0.29, 0.717) is 11.1 Å². The fraction of sp³-hybridized carbons (Fsp3) is 0.105. The summed E-state index contributed by atoms with van der Waals surface area (Å²) in [6.07, 6.45) is 0. The fourth-order valence-electron chi connectivity index (χ4n) is 3.28. The Morgan fingerprint density at radius 1 is 0.773 bits per heavy atom. The van der Waals surface area contributed by atoms with E-state index in [9.17, 15) is 15.0 Å². The monoisotopic (exact) mass is 290 g/mol. The molecule has 1 aliphatic rings. The lowest BCUT2D eigenvalue weighted by Crippen LogP contribution is -2.11. The smallest absolute Gasteiger partial charge is 0.194 e. The van der Waals surface area contributed by atoms with Crippen LogP contribution in [0.4, 0.5) is 0 Å². The average molecular weight is 290 g/mol. The zero-order chi connectivity index (χ0) is 15.3. The van der Waals surface area contributed by atoms with Crippen molar-refractivity contribution in [3.05, 3.63) is 70.8 Å². The van der Waals surface area contributed by atoms with Crippen molar-refractivity contribution in [3.63, 3.8) is 0 Å². The van der Waals surface area contributed by atoms with Crippen molar-refractivity contribution in [2.45, 2.75) is 13.2 Å². The Morgan fingerprint density at radius 2 is 1.59 bits per heavy atom. The van der Waals surface area contributed by atoms with Gasteiger partial charge in [0.2, 0.25) is 0 Å². The number of hydrogen-bond donors (Lipinski definition) is 2. The minimum Gasteiger partial charge on any atom is -0.392 e. The highest BCUT2D eigenvalue weighted by molar-refractivity contribution is 6.26. The summed E-state index contributed by atoms with van der Waals surface area (Å²) in [7, 11) is 0. The Balaban J connectivity index is 2.14. The van der Waals surface area contributed by atoms with E-state index in [1.807, 2.05) is 42.5 Å². The van der Waals surface area contributed by atoms with Crippen LogP contribution in [0.2, 0.25) is 0 Å². The third-order valence-electron chi connectivity index (χ3n) is 4.35. The van der Waals surface area contributed by atoms with Crippen molar-refractivity contribution in [1.29, 1.82) is 0 Å². The zero-order valence-corrected chi connectivity index (χ0v) is 11.8. The van der Waals surface area contributed by atoms with E-state index < -0.39 is 0 Å². The molecule has 0 saturated heterocycles. The number of aliphatic hydroxyl groups is 2. The molecule has 0 radical (unpaired) electrons. The van der Waals surface area contributed by atoms with E-state index >= 15 is 0 Å². The topological polar surface area (TPSA) is 57.5 Å². The van der Waals surface area contributed by atoms with Crippen molar-refractivity contribution >= 4 is 16.6 Å². The molecule has 0 bridgehead atoms. The van der Waals surface area contributed by atoms with Gasteiger partial charge >= 0.3 is 0 Å². The Hall–Kier alpha value is -2.49. The minimum absolute atomic E-state index is 0.0292. The normalized spacial score (nSPS) is 12.5. The Morgan fingerprint density at radius 3 is 2.36 bits per heavy atom. The van der Waals surface area contributed by atoms with Crippen molar-refractivity contribution < 1.29 is 15.0 Å². The number of ketones is 1. The highest BCUT2D eigenvalue weighted by atomic mass is 16.3. The summed E-state index contributed by atoms with van der Waals surface area (Å²) in [5.74, 6) is -0.0292. The van der Waals surface area contributed by atoms with Gasteiger partial charge in [0.15, 0.2) is 5.78 Å². The highest BCUT2D eigenvalue weighted by Crippen LogP contribution is 2.40. The van der Waals surface area contributed by atoms with Crippen LogP contribution in [0.15, 0.2) is 48.5 Å². The largest absolute Gasteiger partial charge is 0.392 e. The first kappa shape index (κ1) is 13.2. The van der Waals surface area contributed by atoms with Crippen LogP contribution in [0.3, 0.4) is 0 Å². The van der Waals surface area contributed by atoms with Crippen molar-refractivity contribution in [1.82, 2.24) is 0 Å². The molecule has 2 N–H and O–H groups in total. The third-order valence-corrected chi connectivity index (χ3v) is 4.35. The standard InChI is InChI=1S/C19H14O3/c20-9-11-4-6-14-15-7-5-12(10-21)13-2-1-3-16(18(13)15)19(22)17(14)8-11/h1-8,20-21H,9-10H2. The van der Waals surface area contributed by atoms with Crippen LogP contribution in [0.25, 0.3) is 21.9 Å². The van der Waals surface area contributed by atoms with Gasteiger partial charge in [0, 0.05) is 16.5 Å². The van der Waals surface area contributed by atoms with Gasteiger partial charge in [-0.05, 0) is 33.7 Å². The Labute approximate surface area is 127 Å². The van der Waals surface area contributed by atoms with Gasteiger partial charge in [-0.15, -0.1) is 0 Å². The lowest BCUT2D eigenvalue weighted by Gasteiger charge is -2.21. The maximum atomic E-state index is 12.8. The van der Waals surface area contributed by atoms with E-state index in [-0.39, 0.29) is 19.0 Å². The summed E-state index contributed by atoms with van der Waals surface area (Å²) in [5.41, 5.74) is 4.73. The number of aliphatic hydroxyl groups excluding tert-OH is 2. The molecule has 0 saturated carbocycles. The summed E-state index contributed by atoms with van der Waals surface area (Å²) >= 11 is 0. The molecule has 0 amide bonds.